The number of hydrogen-bond acceptors (Lipinski definition) is 3. The first-order chi connectivity index (χ1) is 13.1. The molecule has 0 saturated carbocycles. The summed E-state index contributed by atoms with van der Waals surface area (Å²) in [5.74, 6) is 1.27. The van der Waals surface area contributed by atoms with Crippen LogP contribution in [0.15, 0.2) is 95.7 Å². The lowest BCUT2D eigenvalue weighted by Crippen LogP contribution is -2.11. The number of rotatable bonds is 5. The lowest BCUT2D eigenvalue weighted by molar-refractivity contribution is 0.473. The molecule has 0 atom stereocenters. The van der Waals surface area contributed by atoms with Crippen LogP contribution in [0, 0.1) is 12.7 Å². The second-order valence-electron chi connectivity index (χ2n) is 6.04. The Morgan fingerprint density at radius 2 is 1.48 bits per heavy atom. The number of benzene rings is 3. The van der Waals surface area contributed by atoms with Crippen molar-refractivity contribution in [2.24, 2.45) is 4.99 Å². The topological polar surface area (TPSA) is 30.8 Å². The second-order valence-corrected chi connectivity index (χ2v) is 6.04. The van der Waals surface area contributed by atoms with Crippen molar-refractivity contribution < 1.29 is 13.9 Å². The molecule has 0 fully saturated rings. The minimum atomic E-state index is -0.320. The third-order valence-corrected chi connectivity index (χ3v) is 3.75. The quantitative estimate of drug-likeness (QED) is 0.306. The summed E-state index contributed by atoms with van der Waals surface area (Å²) in [5.41, 5.74) is 2.61. The molecule has 3 rings (SSSR count). The molecule has 136 valence electrons. The van der Waals surface area contributed by atoms with Gasteiger partial charge in [-0.15, -0.1) is 0 Å². The maximum Gasteiger partial charge on any atom is 0.225 e. The molecule has 0 aliphatic carbocycles. The predicted molar refractivity (Wildman–Crippen MR) is 106 cm³/mol. The van der Waals surface area contributed by atoms with Gasteiger partial charge in [-0.3, -0.25) is 0 Å². The number of para-hydroxylation sites is 1. The molecule has 0 aliphatic rings. The summed E-state index contributed by atoms with van der Waals surface area (Å²) in [4.78, 5) is 4.56. The summed E-state index contributed by atoms with van der Waals surface area (Å²) in [7, 11) is 0. The Labute approximate surface area is 158 Å². The van der Waals surface area contributed by atoms with Crippen LogP contribution in [-0.4, -0.2) is 5.90 Å². The summed E-state index contributed by atoms with van der Waals surface area (Å²) in [6, 6.07) is 23.0. The Bertz CT molecular complexity index is 930. The molecule has 3 aromatic rings. The van der Waals surface area contributed by atoms with Crippen LogP contribution in [0.2, 0.25) is 0 Å². The van der Waals surface area contributed by atoms with Gasteiger partial charge in [-0.25, -0.2) is 9.38 Å². The van der Waals surface area contributed by atoms with Gasteiger partial charge in [0.25, 0.3) is 0 Å². The molecule has 27 heavy (non-hydrogen) atoms. The van der Waals surface area contributed by atoms with Crippen LogP contribution in [0.3, 0.4) is 0 Å². The lowest BCUT2D eigenvalue weighted by atomic mass is 10.2. The van der Waals surface area contributed by atoms with Gasteiger partial charge in [0.1, 0.15) is 17.3 Å². The molecule has 4 heteroatoms. The minimum Gasteiger partial charge on any atom is -0.465 e. The molecule has 0 heterocycles. The number of aliphatic imine (C=N–C) groups is 1. The van der Waals surface area contributed by atoms with Crippen molar-refractivity contribution in [1.82, 2.24) is 0 Å². The van der Waals surface area contributed by atoms with Crippen molar-refractivity contribution in [3.05, 3.63) is 102 Å². The van der Waals surface area contributed by atoms with Gasteiger partial charge >= 0.3 is 0 Å². The van der Waals surface area contributed by atoms with E-state index < -0.39 is 0 Å². The fraction of sp³-hybridized carbons (Fsp3) is 0.0870. The fourth-order valence-corrected chi connectivity index (χ4v) is 2.25. The van der Waals surface area contributed by atoms with Crippen LogP contribution >= 0.6 is 0 Å². The molecular weight excluding hydrogens is 341 g/mol. The Hall–Kier alpha value is -3.40. The Balaban J connectivity index is 1.85. The van der Waals surface area contributed by atoms with E-state index in [0.29, 0.717) is 17.2 Å². The largest absolute Gasteiger partial charge is 0.465 e. The molecular formula is C23H20FNO2. The third kappa shape index (κ3) is 5.54. The highest BCUT2D eigenvalue weighted by molar-refractivity contribution is 5.96. The molecule has 0 aliphatic heterocycles. The van der Waals surface area contributed by atoms with Crippen molar-refractivity contribution in [3.63, 3.8) is 0 Å². The molecule has 3 aromatic carbocycles. The number of halogens is 1. The summed E-state index contributed by atoms with van der Waals surface area (Å²) in [6.45, 7) is 3.87. The molecule has 0 bridgehead atoms. The summed E-state index contributed by atoms with van der Waals surface area (Å²) in [5, 5.41) is 0. The third-order valence-electron chi connectivity index (χ3n) is 3.75. The van der Waals surface area contributed by atoms with Crippen molar-refractivity contribution in [2.75, 3.05) is 0 Å². The van der Waals surface area contributed by atoms with Crippen molar-refractivity contribution in [2.45, 2.75) is 13.8 Å². The van der Waals surface area contributed by atoms with Crippen molar-refractivity contribution in [3.8, 4) is 11.5 Å². The zero-order chi connectivity index (χ0) is 19.1. The predicted octanol–water partition coefficient (Wildman–Crippen LogP) is 6.23. The first kappa shape index (κ1) is 18.4. The number of ether oxygens (including phenoxy) is 2. The number of nitrogens with zero attached hydrogens (tertiary/aromatic N) is 1. The van der Waals surface area contributed by atoms with Gasteiger partial charge in [0.2, 0.25) is 5.90 Å². The number of hydrogen-bond donors (Lipinski definition) is 0. The van der Waals surface area contributed by atoms with Gasteiger partial charge in [0.05, 0.1) is 11.9 Å². The smallest absolute Gasteiger partial charge is 0.225 e. The minimum absolute atomic E-state index is 0.320. The van der Waals surface area contributed by atoms with E-state index in [0.717, 1.165) is 17.0 Å². The monoisotopic (exact) mass is 361 g/mol. The van der Waals surface area contributed by atoms with Gasteiger partial charge in [-0.1, -0.05) is 35.9 Å². The van der Waals surface area contributed by atoms with E-state index in [1.807, 2.05) is 68.4 Å². The molecule has 0 amide bonds. The van der Waals surface area contributed by atoms with E-state index in [1.54, 1.807) is 18.4 Å². The highest BCUT2D eigenvalue weighted by Gasteiger charge is 2.08. The molecule has 0 saturated heterocycles. The first-order valence-electron chi connectivity index (χ1n) is 8.58. The van der Waals surface area contributed by atoms with Crippen LogP contribution in [0.4, 0.5) is 10.1 Å². The van der Waals surface area contributed by atoms with Gasteiger partial charge in [-0.05, 0) is 62.4 Å². The van der Waals surface area contributed by atoms with E-state index >= 15 is 0 Å². The molecule has 0 radical (unpaired) electrons. The van der Waals surface area contributed by atoms with E-state index in [-0.39, 0.29) is 5.82 Å². The standard InChI is InChI=1S/C23H20FNO2/c1-17-8-12-21(13-9-17)26-16-18(2)23(25-20-6-4-3-5-7-20)27-22-14-10-19(24)11-15-22/h3-16H,1-2H3/b18-16+,25-23?. The van der Waals surface area contributed by atoms with Crippen molar-refractivity contribution >= 4 is 11.6 Å². The highest BCUT2D eigenvalue weighted by atomic mass is 19.1. The van der Waals surface area contributed by atoms with Crippen molar-refractivity contribution in [1.29, 1.82) is 0 Å². The average Bonchev–Trinajstić information content (AvgIpc) is 2.69. The zero-order valence-electron chi connectivity index (χ0n) is 15.2. The van der Waals surface area contributed by atoms with E-state index in [4.69, 9.17) is 9.47 Å². The molecule has 3 nitrogen and oxygen atoms in total. The van der Waals surface area contributed by atoms with Gasteiger partial charge in [0, 0.05) is 5.57 Å². The van der Waals surface area contributed by atoms with Gasteiger partial charge in [-0.2, -0.15) is 0 Å². The fourth-order valence-electron chi connectivity index (χ4n) is 2.25. The van der Waals surface area contributed by atoms with Crippen LogP contribution < -0.4 is 9.47 Å². The second kappa shape index (κ2) is 8.81. The lowest BCUT2D eigenvalue weighted by Gasteiger charge is -2.10. The van der Waals surface area contributed by atoms with Gasteiger partial charge in [0.15, 0.2) is 0 Å². The zero-order valence-corrected chi connectivity index (χ0v) is 15.2. The first-order valence-corrected chi connectivity index (χ1v) is 8.58. The van der Waals surface area contributed by atoms with E-state index in [1.165, 1.54) is 12.1 Å². The summed E-state index contributed by atoms with van der Waals surface area (Å²) >= 11 is 0. The van der Waals surface area contributed by atoms with E-state index in [9.17, 15) is 4.39 Å². The van der Waals surface area contributed by atoms with Crippen LogP contribution in [-0.2, 0) is 0 Å². The number of aryl methyl sites for hydroxylation is 1. The molecule has 0 N–H and O–H groups in total. The van der Waals surface area contributed by atoms with Crippen LogP contribution in [0.25, 0.3) is 0 Å². The van der Waals surface area contributed by atoms with Crippen LogP contribution in [0.1, 0.15) is 12.5 Å². The maximum absolute atomic E-state index is 13.1. The van der Waals surface area contributed by atoms with Crippen LogP contribution in [0.5, 0.6) is 11.5 Å². The Morgan fingerprint density at radius 3 is 2.15 bits per heavy atom. The highest BCUT2D eigenvalue weighted by Crippen LogP contribution is 2.19. The Morgan fingerprint density at radius 1 is 0.852 bits per heavy atom. The summed E-state index contributed by atoms with van der Waals surface area (Å²) < 4.78 is 24.7. The normalized spacial score (nSPS) is 12.0. The molecule has 0 unspecified atom stereocenters. The Kier molecular flexibility index (Phi) is 6.00. The maximum atomic E-state index is 13.1. The SMILES string of the molecule is C/C(=C\Oc1ccc(C)cc1)C(=Nc1ccccc1)Oc1ccc(F)cc1. The summed E-state index contributed by atoms with van der Waals surface area (Å²) in [6.07, 6.45) is 1.59. The molecule has 0 spiro atoms. The average molecular weight is 361 g/mol. The molecule has 0 aromatic heterocycles. The van der Waals surface area contributed by atoms with Gasteiger partial charge < -0.3 is 9.47 Å². The van der Waals surface area contributed by atoms with E-state index in [2.05, 4.69) is 4.99 Å².